The van der Waals surface area contributed by atoms with E-state index in [4.69, 9.17) is 5.84 Å². The van der Waals surface area contributed by atoms with E-state index in [1.54, 1.807) is 0 Å². The minimum atomic E-state index is -0.499. The Hall–Kier alpha value is -0.940. The highest BCUT2D eigenvalue weighted by Crippen LogP contribution is 2.13. The summed E-state index contributed by atoms with van der Waals surface area (Å²) in [4.78, 5) is 21.5. The quantitative estimate of drug-likeness (QED) is 0.266. The topological polar surface area (TPSA) is 84.2 Å². The van der Waals surface area contributed by atoms with Gasteiger partial charge in [-0.25, -0.2) is 5.84 Å². The van der Waals surface area contributed by atoms with Crippen molar-refractivity contribution in [2.45, 2.75) is 18.9 Å². The number of nitrogens with two attached hydrogens (primary N) is 1. The van der Waals surface area contributed by atoms with Crippen molar-refractivity contribution in [3.8, 4) is 0 Å². The second kappa shape index (κ2) is 4.18. The minimum absolute atomic E-state index is 0.344. The van der Waals surface area contributed by atoms with Gasteiger partial charge in [-0.1, -0.05) is 0 Å². The second-order valence-electron chi connectivity index (χ2n) is 2.81. The zero-order valence-electron chi connectivity index (χ0n) is 6.67. The lowest BCUT2D eigenvalue weighted by molar-refractivity contribution is -0.124. The Kier molecular flexibility index (Phi) is 3.19. The molecule has 4 N–H and O–H groups in total. The van der Waals surface area contributed by atoms with E-state index in [0.29, 0.717) is 6.42 Å². The number of nitrogens with one attached hydrogen (secondary N) is 2. The maximum Gasteiger partial charge on any atom is 0.251 e. The summed E-state index contributed by atoms with van der Waals surface area (Å²) in [7, 11) is 0. The molecule has 1 amide bonds. The molecule has 5 heteroatoms. The molecule has 1 aliphatic rings. The van der Waals surface area contributed by atoms with Crippen LogP contribution in [0.15, 0.2) is 0 Å². The molecule has 0 aromatic carbocycles. The molecule has 0 bridgehead atoms. The first-order valence-corrected chi connectivity index (χ1v) is 3.91. The van der Waals surface area contributed by atoms with Crippen LogP contribution in [-0.4, -0.2) is 24.8 Å². The van der Waals surface area contributed by atoms with Gasteiger partial charge in [0.15, 0.2) is 0 Å². The summed E-state index contributed by atoms with van der Waals surface area (Å²) in [6.45, 7) is 0.746. The Bertz CT molecular complexity index is 183. The van der Waals surface area contributed by atoms with E-state index in [9.17, 15) is 9.59 Å². The molecule has 0 aromatic heterocycles. The van der Waals surface area contributed by atoms with Crippen molar-refractivity contribution in [3.05, 3.63) is 0 Å². The number of hydrogen-bond acceptors (Lipinski definition) is 4. The second-order valence-corrected chi connectivity index (χ2v) is 2.81. The molecule has 1 heterocycles. The molecule has 1 aliphatic heterocycles. The number of carbonyl (C=O) groups excluding carboxylic acids is 2. The molecule has 5 nitrogen and oxygen atoms in total. The van der Waals surface area contributed by atoms with Crippen molar-refractivity contribution in [3.63, 3.8) is 0 Å². The van der Waals surface area contributed by atoms with Gasteiger partial charge in [0, 0.05) is 5.92 Å². The van der Waals surface area contributed by atoms with Crippen molar-refractivity contribution in [2.75, 3.05) is 6.54 Å². The molecule has 1 fully saturated rings. The van der Waals surface area contributed by atoms with E-state index in [1.807, 2.05) is 11.7 Å². The molecule has 0 aliphatic carbocycles. The Morgan fingerprint density at radius 2 is 2.42 bits per heavy atom. The molecule has 0 spiro atoms. The van der Waals surface area contributed by atoms with Crippen LogP contribution in [0.5, 0.6) is 0 Å². The van der Waals surface area contributed by atoms with Gasteiger partial charge >= 0.3 is 0 Å². The summed E-state index contributed by atoms with van der Waals surface area (Å²) >= 11 is 0. The van der Waals surface area contributed by atoms with Crippen LogP contribution in [0.1, 0.15) is 12.8 Å². The molecular formula is C7H12N3O2. The Morgan fingerprint density at radius 3 is 3.00 bits per heavy atom. The molecule has 1 saturated heterocycles. The van der Waals surface area contributed by atoms with Gasteiger partial charge in [-0.15, -0.1) is 0 Å². The van der Waals surface area contributed by atoms with Crippen LogP contribution in [0.4, 0.5) is 0 Å². The smallest absolute Gasteiger partial charge is 0.251 e. The zero-order chi connectivity index (χ0) is 8.97. The summed E-state index contributed by atoms with van der Waals surface area (Å²) in [5.41, 5.74) is 2.02. The highest BCUT2D eigenvalue weighted by Gasteiger charge is 2.30. The Balaban J connectivity index is 2.58. The van der Waals surface area contributed by atoms with E-state index in [0.717, 1.165) is 13.0 Å². The average molecular weight is 170 g/mol. The third-order valence-corrected chi connectivity index (χ3v) is 2.03. The van der Waals surface area contributed by atoms with E-state index >= 15 is 0 Å². The SMILES string of the molecule is NNC(=O)C1NCCCC1[C]=O. The first-order valence-electron chi connectivity index (χ1n) is 3.91. The number of piperidine rings is 1. The van der Waals surface area contributed by atoms with Crippen LogP contribution >= 0.6 is 0 Å². The van der Waals surface area contributed by atoms with Gasteiger partial charge in [-0.2, -0.15) is 0 Å². The van der Waals surface area contributed by atoms with Crippen LogP contribution in [0.25, 0.3) is 0 Å². The van der Waals surface area contributed by atoms with Crippen LogP contribution in [0.2, 0.25) is 0 Å². The van der Waals surface area contributed by atoms with E-state index in [-0.39, 0.29) is 11.8 Å². The van der Waals surface area contributed by atoms with Crippen LogP contribution in [-0.2, 0) is 9.59 Å². The van der Waals surface area contributed by atoms with Crippen molar-refractivity contribution >= 4 is 12.2 Å². The zero-order valence-corrected chi connectivity index (χ0v) is 6.67. The molecule has 1 radical (unpaired) electrons. The Morgan fingerprint density at radius 1 is 1.67 bits per heavy atom. The van der Waals surface area contributed by atoms with Crippen molar-refractivity contribution in [1.82, 2.24) is 10.7 Å². The van der Waals surface area contributed by atoms with Gasteiger partial charge in [0.25, 0.3) is 5.91 Å². The molecule has 1 rings (SSSR count). The van der Waals surface area contributed by atoms with Crippen LogP contribution < -0.4 is 16.6 Å². The summed E-state index contributed by atoms with van der Waals surface area (Å²) in [5, 5.41) is 2.92. The standard InChI is InChI=1S/C7H12N3O2/c8-10-7(12)6-5(4-11)2-1-3-9-6/h5-6,9H,1-3,8H2,(H,10,12). The molecule has 0 saturated carbocycles. The summed E-state index contributed by atoms with van der Waals surface area (Å²) in [6, 6.07) is -0.499. The van der Waals surface area contributed by atoms with Crippen molar-refractivity contribution < 1.29 is 9.59 Å². The fraction of sp³-hybridized carbons (Fsp3) is 0.714. The summed E-state index contributed by atoms with van der Waals surface area (Å²) < 4.78 is 0. The first-order chi connectivity index (χ1) is 5.79. The fourth-order valence-corrected chi connectivity index (χ4v) is 1.38. The molecule has 2 unspecified atom stereocenters. The highest BCUT2D eigenvalue weighted by molar-refractivity contribution is 5.84. The highest BCUT2D eigenvalue weighted by atomic mass is 16.2. The van der Waals surface area contributed by atoms with Crippen molar-refractivity contribution in [2.24, 2.45) is 11.8 Å². The lowest BCUT2D eigenvalue weighted by Gasteiger charge is -2.26. The lowest BCUT2D eigenvalue weighted by Crippen LogP contribution is -2.53. The number of hydrazine groups is 1. The van der Waals surface area contributed by atoms with Gasteiger partial charge in [0.05, 0.1) is 6.04 Å². The van der Waals surface area contributed by atoms with E-state index in [1.165, 1.54) is 0 Å². The third-order valence-electron chi connectivity index (χ3n) is 2.03. The predicted molar refractivity (Wildman–Crippen MR) is 42.5 cm³/mol. The first kappa shape index (κ1) is 9.15. The minimum Gasteiger partial charge on any atom is -0.305 e. The van der Waals surface area contributed by atoms with E-state index in [2.05, 4.69) is 5.32 Å². The number of amides is 1. The average Bonchev–Trinajstić information content (AvgIpc) is 2.16. The predicted octanol–water partition coefficient (Wildman–Crippen LogP) is -1.55. The Labute approximate surface area is 70.7 Å². The van der Waals surface area contributed by atoms with Gasteiger partial charge in [0.2, 0.25) is 6.29 Å². The lowest BCUT2D eigenvalue weighted by atomic mass is 9.92. The van der Waals surface area contributed by atoms with Crippen molar-refractivity contribution in [1.29, 1.82) is 0 Å². The summed E-state index contributed by atoms with van der Waals surface area (Å²) in [5.74, 6) is 4.25. The molecule has 12 heavy (non-hydrogen) atoms. The largest absolute Gasteiger partial charge is 0.305 e. The third kappa shape index (κ3) is 1.80. The van der Waals surface area contributed by atoms with E-state index < -0.39 is 6.04 Å². The number of rotatable bonds is 2. The van der Waals surface area contributed by atoms with Gasteiger partial charge < -0.3 is 5.32 Å². The van der Waals surface area contributed by atoms with Gasteiger partial charge in [-0.05, 0) is 19.4 Å². The maximum absolute atomic E-state index is 11.1. The molecule has 67 valence electrons. The van der Waals surface area contributed by atoms with Crippen LogP contribution in [0, 0.1) is 5.92 Å². The molecular weight excluding hydrogens is 158 g/mol. The maximum atomic E-state index is 11.1. The monoisotopic (exact) mass is 170 g/mol. The number of carbonyl (C=O) groups is 1. The molecule has 0 aromatic rings. The van der Waals surface area contributed by atoms with Gasteiger partial charge in [0.1, 0.15) is 0 Å². The fourth-order valence-electron chi connectivity index (χ4n) is 1.38. The van der Waals surface area contributed by atoms with Gasteiger partial charge in [-0.3, -0.25) is 15.0 Å². The number of hydrogen-bond donors (Lipinski definition) is 3. The molecule has 2 atom stereocenters. The summed E-state index contributed by atoms with van der Waals surface area (Å²) in [6.07, 6.45) is 3.44. The van der Waals surface area contributed by atoms with Crippen LogP contribution in [0.3, 0.4) is 0 Å². The normalized spacial score (nSPS) is 29.4.